The Kier molecular flexibility index (Phi) is 5.35. The van der Waals surface area contributed by atoms with E-state index in [4.69, 9.17) is 0 Å². The summed E-state index contributed by atoms with van der Waals surface area (Å²) in [7, 11) is 0. The maximum Gasteiger partial charge on any atom is 0.134 e. The number of fused-ring (bicyclic) bond motifs is 3. The van der Waals surface area contributed by atoms with Crippen molar-refractivity contribution in [3.63, 3.8) is 0 Å². The molecule has 2 saturated heterocycles. The van der Waals surface area contributed by atoms with Crippen molar-refractivity contribution in [1.29, 1.82) is 5.26 Å². The molecule has 1 aromatic heterocycles. The van der Waals surface area contributed by atoms with E-state index >= 15 is 0 Å². The van der Waals surface area contributed by atoms with E-state index < -0.39 is 6.17 Å². The Morgan fingerprint density at radius 2 is 2.06 bits per heavy atom. The minimum atomic E-state index is -0.845. The highest BCUT2D eigenvalue weighted by atomic mass is 19.1. The predicted octanol–water partition coefficient (Wildman–Crippen LogP) is 3.46. The van der Waals surface area contributed by atoms with Gasteiger partial charge in [0.15, 0.2) is 0 Å². The number of halogens is 1. The quantitative estimate of drug-likeness (QED) is 0.629. The zero-order valence-electron chi connectivity index (χ0n) is 19.3. The molecule has 2 N–H and O–H groups in total. The number of pyridine rings is 1. The summed E-state index contributed by atoms with van der Waals surface area (Å²) in [5, 5.41) is 17.0. The number of alkyl halides is 1. The molecule has 34 heavy (non-hydrogen) atoms. The van der Waals surface area contributed by atoms with Gasteiger partial charge < -0.3 is 15.5 Å². The topological polar surface area (TPSA) is 67.2 Å². The van der Waals surface area contributed by atoms with Crippen molar-refractivity contribution in [2.45, 2.75) is 44.2 Å². The third-order valence-electron chi connectivity index (χ3n) is 7.67. The van der Waals surface area contributed by atoms with Crippen molar-refractivity contribution in [3.8, 4) is 6.07 Å². The van der Waals surface area contributed by atoms with E-state index in [1.54, 1.807) is 6.20 Å². The summed E-state index contributed by atoms with van der Waals surface area (Å²) in [5.41, 5.74) is 6.29. The Morgan fingerprint density at radius 1 is 1.15 bits per heavy atom. The molecule has 0 spiro atoms. The highest BCUT2D eigenvalue weighted by Crippen LogP contribution is 2.35. The molecular formula is C27H29FN6. The van der Waals surface area contributed by atoms with Crippen LogP contribution < -0.4 is 15.5 Å². The fraction of sp³-hybridized carbons (Fsp3) is 0.407. The van der Waals surface area contributed by atoms with Gasteiger partial charge in [0.1, 0.15) is 12.2 Å². The number of rotatable bonds is 3. The van der Waals surface area contributed by atoms with Crippen LogP contribution in [-0.2, 0) is 13.0 Å². The molecule has 6 rings (SSSR count). The molecule has 0 unspecified atom stereocenters. The highest BCUT2D eigenvalue weighted by Gasteiger charge is 2.36. The van der Waals surface area contributed by atoms with E-state index in [1.165, 1.54) is 11.1 Å². The highest BCUT2D eigenvalue weighted by molar-refractivity contribution is 5.95. The van der Waals surface area contributed by atoms with Gasteiger partial charge in [0, 0.05) is 67.8 Å². The van der Waals surface area contributed by atoms with Crippen molar-refractivity contribution < 1.29 is 4.39 Å². The summed E-state index contributed by atoms with van der Waals surface area (Å²) in [6.45, 7) is 6.18. The number of aromatic nitrogens is 1. The molecule has 3 aliphatic rings. The third-order valence-corrected chi connectivity index (χ3v) is 7.67. The molecule has 0 aliphatic carbocycles. The standard InChI is InChI=1S/C27H29FN6/c1-17-14-33(26-7-5-19(11-29)27-23(26)3-2-8-31-27)16-22-10-18-4-6-21(9-20(18)15-34(17)22)32-25-13-30-12-24(25)28/h2-9,17,22,24-25,30,32H,10,12-16H2,1H3/t17-,22+,24-,25+/m1/s1. The molecular weight excluding hydrogens is 427 g/mol. The molecule has 6 nitrogen and oxygen atoms in total. The van der Waals surface area contributed by atoms with E-state index in [2.05, 4.69) is 68.7 Å². The maximum absolute atomic E-state index is 14.0. The number of hydrogen-bond donors (Lipinski definition) is 2. The largest absolute Gasteiger partial charge is 0.378 e. The van der Waals surface area contributed by atoms with Gasteiger partial charge in [0.25, 0.3) is 0 Å². The van der Waals surface area contributed by atoms with Gasteiger partial charge in [-0.25, -0.2) is 4.39 Å². The average Bonchev–Trinajstić information content (AvgIpc) is 3.26. The normalized spacial score (nSPS) is 26.7. The lowest BCUT2D eigenvalue weighted by Crippen LogP contribution is -2.59. The van der Waals surface area contributed by atoms with Gasteiger partial charge in [0.2, 0.25) is 0 Å². The molecule has 7 heteroatoms. The first kappa shape index (κ1) is 21.3. The van der Waals surface area contributed by atoms with Gasteiger partial charge in [-0.2, -0.15) is 5.26 Å². The fourth-order valence-electron chi connectivity index (χ4n) is 5.92. The molecule has 2 fully saturated rings. The maximum atomic E-state index is 14.0. The monoisotopic (exact) mass is 456 g/mol. The first-order chi connectivity index (χ1) is 16.6. The second kappa shape index (κ2) is 8.53. The lowest BCUT2D eigenvalue weighted by Gasteiger charge is -2.49. The second-order valence-corrected chi connectivity index (χ2v) is 9.84. The number of nitrogens with one attached hydrogen (secondary N) is 2. The van der Waals surface area contributed by atoms with Gasteiger partial charge in [-0.15, -0.1) is 0 Å². The van der Waals surface area contributed by atoms with Gasteiger partial charge in [0.05, 0.1) is 17.1 Å². The Hall–Kier alpha value is -3.21. The first-order valence-electron chi connectivity index (χ1n) is 12.1. The van der Waals surface area contributed by atoms with Crippen LogP contribution in [-0.4, -0.2) is 60.4 Å². The summed E-state index contributed by atoms with van der Waals surface area (Å²) in [4.78, 5) is 9.57. The summed E-state index contributed by atoms with van der Waals surface area (Å²) >= 11 is 0. The number of benzene rings is 2. The SMILES string of the molecule is C[C@@H]1CN(c2ccc(C#N)c3ncccc23)C[C@@H]2Cc3ccc(N[C@H]4CNC[C@H]4F)cc3CN21. The smallest absolute Gasteiger partial charge is 0.134 e. The Balaban J connectivity index is 1.25. The van der Waals surface area contributed by atoms with Crippen LogP contribution >= 0.6 is 0 Å². The molecule has 0 amide bonds. The van der Waals surface area contributed by atoms with E-state index in [1.807, 2.05) is 12.1 Å². The lowest BCUT2D eigenvalue weighted by molar-refractivity contribution is 0.101. The molecule has 3 aromatic rings. The van der Waals surface area contributed by atoms with Crippen molar-refractivity contribution >= 4 is 22.3 Å². The summed E-state index contributed by atoms with van der Waals surface area (Å²) < 4.78 is 14.0. The van der Waals surface area contributed by atoms with Crippen molar-refractivity contribution in [2.75, 3.05) is 36.4 Å². The number of hydrogen-bond acceptors (Lipinski definition) is 6. The van der Waals surface area contributed by atoms with Crippen LogP contribution in [0.1, 0.15) is 23.6 Å². The van der Waals surface area contributed by atoms with E-state index in [0.717, 1.165) is 48.3 Å². The molecule has 0 saturated carbocycles. The lowest BCUT2D eigenvalue weighted by atomic mass is 9.89. The number of anilines is 2. The Bertz CT molecular complexity index is 1270. The van der Waals surface area contributed by atoms with Crippen LogP contribution in [0.25, 0.3) is 10.9 Å². The van der Waals surface area contributed by atoms with Crippen LogP contribution in [0.2, 0.25) is 0 Å². The van der Waals surface area contributed by atoms with Crippen molar-refractivity contribution in [2.24, 2.45) is 0 Å². The van der Waals surface area contributed by atoms with Crippen molar-refractivity contribution in [3.05, 3.63) is 65.4 Å². The molecule has 0 bridgehead atoms. The first-order valence-corrected chi connectivity index (χ1v) is 12.1. The van der Waals surface area contributed by atoms with Crippen LogP contribution in [0.3, 0.4) is 0 Å². The number of nitriles is 1. The summed E-state index contributed by atoms with van der Waals surface area (Å²) in [6.07, 6.45) is 1.91. The van der Waals surface area contributed by atoms with Gasteiger partial charge in [-0.3, -0.25) is 9.88 Å². The molecule has 4 atom stereocenters. The number of nitrogens with zero attached hydrogens (tertiary/aromatic N) is 4. The van der Waals surface area contributed by atoms with Crippen LogP contribution in [0.5, 0.6) is 0 Å². The van der Waals surface area contributed by atoms with Crippen LogP contribution in [0, 0.1) is 11.3 Å². The summed E-state index contributed by atoms with van der Waals surface area (Å²) in [6, 6.07) is 17.5. The van der Waals surface area contributed by atoms with Crippen molar-refractivity contribution in [1.82, 2.24) is 15.2 Å². The van der Waals surface area contributed by atoms with Gasteiger partial charge >= 0.3 is 0 Å². The Morgan fingerprint density at radius 3 is 2.88 bits per heavy atom. The third kappa shape index (κ3) is 3.67. The van der Waals surface area contributed by atoms with Crippen LogP contribution in [0.15, 0.2) is 48.7 Å². The minimum Gasteiger partial charge on any atom is -0.378 e. The van der Waals surface area contributed by atoms with Gasteiger partial charge in [-0.1, -0.05) is 6.07 Å². The Labute approximate surface area is 199 Å². The molecule has 174 valence electrons. The fourth-order valence-corrected chi connectivity index (χ4v) is 5.92. The molecule has 4 heterocycles. The predicted molar refractivity (Wildman–Crippen MR) is 133 cm³/mol. The molecule has 2 aromatic carbocycles. The minimum absolute atomic E-state index is 0.159. The molecule has 0 radical (unpaired) electrons. The molecule has 3 aliphatic heterocycles. The number of piperazine rings is 1. The average molecular weight is 457 g/mol. The van der Waals surface area contributed by atoms with E-state index in [-0.39, 0.29) is 6.04 Å². The zero-order chi connectivity index (χ0) is 23.2. The summed E-state index contributed by atoms with van der Waals surface area (Å²) in [5.74, 6) is 0. The van der Waals surface area contributed by atoms with Gasteiger partial charge in [-0.05, 0) is 60.9 Å². The zero-order valence-corrected chi connectivity index (χ0v) is 19.3. The van der Waals surface area contributed by atoms with E-state index in [9.17, 15) is 9.65 Å². The van der Waals surface area contributed by atoms with E-state index in [0.29, 0.717) is 30.7 Å². The van der Waals surface area contributed by atoms with Crippen LogP contribution in [0.4, 0.5) is 15.8 Å². The second-order valence-electron chi connectivity index (χ2n) is 9.84.